The zero-order valence-electron chi connectivity index (χ0n) is 22.8. The monoisotopic (exact) mass is 741 g/mol. The molecule has 0 radical (unpaired) electrons. The highest BCUT2D eigenvalue weighted by molar-refractivity contribution is 7.94. The van der Waals surface area contributed by atoms with Crippen molar-refractivity contribution in [3.63, 3.8) is 0 Å². The van der Waals surface area contributed by atoms with Gasteiger partial charge in [0.15, 0.2) is 5.75 Å². The molecular weight excluding hydrogens is 725 g/mol. The third-order valence-corrected chi connectivity index (χ3v) is 8.80. The number of halogens is 2. The van der Waals surface area contributed by atoms with Gasteiger partial charge in [0.2, 0.25) is 17.2 Å². The molecule has 0 unspecified atom stereocenters. The Morgan fingerprint density at radius 3 is 2.13 bits per heavy atom. The molecule has 0 spiro atoms. The van der Waals surface area contributed by atoms with Crippen molar-refractivity contribution < 1.29 is 45.7 Å². The SMILES string of the molecule is O=S(=O)(O)c1cc(Nc2nc(Cl)nc(Nc3ccccc3Cl)n2)c2c(O)c(N=Nc3ccccc3S(=O)(=O)O)c(SOOO)cc2c1. The van der Waals surface area contributed by atoms with Crippen LogP contribution in [-0.4, -0.2) is 51.3 Å². The number of rotatable bonds is 11. The molecular formula is C25H17Cl2N7O10S3. The van der Waals surface area contributed by atoms with Crippen LogP contribution in [-0.2, 0) is 29.6 Å². The van der Waals surface area contributed by atoms with Crippen LogP contribution in [0.1, 0.15) is 0 Å². The van der Waals surface area contributed by atoms with E-state index in [1.54, 1.807) is 24.3 Å². The Bertz CT molecular complexity index is 2260. The summed E-state index contributed by atoms with van der Waals surface area (Å²) < 4.78 is 72.0. The molecule has 0 aliphatic carbocycles. The van der Waals surface area contributed by atoms with E-state index < -0.39 is 41.5 Å². The molecule has 0 saturated carbocycles. The summed E-state index contributed by atoms with van der Waals surface area (Å²) in [7, 11) is -9.57. The van der Waals surface area contributed by atoms with Crippen LogP contribution >= 0.6 is 35.2 Å². The molecule has 0 bridgehead atoms. The Balaban J connectivity index is 1.69. The van der Waals surface area contributed by atoms with Gasteiger partial charge in [0.05, 0.1) is 38.2 Å². The molecule has 0 fully saturated rings. The Hall–Kier alpha value is -4.22. The lowest BCUT2D eigenvalue weighted by Gasteiger charge is -2.15. The van der Waals surface area contributed by atoms with Crippen LogP contribution < -0.4 is 10.6 Å². The number of hydrogen-bond donors (Lipinski definition) is 6. The maximum absolute atomic E-state index is 12.2. The number of hydrogen-bond acceptors (Lipinski definition) is 16. The van der Waals surface area contributed by atoms with E-state index >= 15 is 0 Å². The van der Waals surface area contributed by atoms with Gasteiger partial charge in [0, 0.05) is 5.39 Å². The molecule has 4 aromatic carbocycles. The Morgan fingerprint density at radius 1 is 0.809 bits per heavy atom. The minimum atomic E-state index is -4.84. The van der Waals surface area contributed by atoms with E-state index in [-0.39, 0.29) is 44.2 Å². The number of nitrogens with zero attached hydrogens (tertiary/aromatic N) is 5. The first-order valence-electron chi connectivity index (χ1n) is 12.4. The van der Waals surface area contributed by atoms with Gasteiger partial charge >= 0.3 is 0 Å². The first kappa shape index (κ1) is 34.1. The van der Waals surface area contributed by atoms with Gasteiger partial charge in [-0.1, -0.05) is 40.9 Å². The fraction of sp³-hybridized carbons (Fsp3) is 0. The van der Waals surface area contributed by atoms with Crippen LogP contribution in [0.3, 0.4) is 0 Å². The van der Waals surface area contributed by atoms with Crippen LogP contribution in [0.15, 0.2) is 91.6 Å². The Kier molecular flexibility index (Phi) is 10.1. The Morgan fingerprint density at radius 2 is 1.47 bits per heavy atom. The molecule has 47 heavy (non-hydrogen) atoms. The van der Waals surface area contributed by atoms with Crippen LogP contribution in [0.5, 0.6) is 5.75 Å². The molecule has 1 aromatic heterocycles. The second kappa shape index (κ2) is 13.9. The number of anilines is 4. The van der Waals surface area contributed by atoms with Gasteiger partial charge in [0.1, 0.15) is 16.3 Å². The summed E-state index contributed by atoms with van der Waals surface area (Å²) in [5, 5.41) is 37.1. The number of fused-ring (bicyclic) bond motifs is 1. The lowest BCUT2D eigenvalue weighted by Crippen LogP contribution is -2.06. The van der Waals surface area contributed by atoms with Crippen molar-refractivity contribution in [3.8, 4) is 5.75 Å². The number of benzene rings is 4. The molecule has 5 rings (SSSR count). The maximum Gasteiger partial charge on any atom is 0.296 e. The highest BCUT2D eigenvalue weighted by Crippen LogP contribution is 2.47. The number of aromatic nitrogens is 3. The molecule has 0 aliphatic rings. The molecule has 5 aromatic rings. The fourth-order valence-corrected chi connectivity index (χ4v) is 6.05. The van der Waals surface area contributed by atoms with Crippen molar-refractivity contribution >= 4 is 101 Å². The van der Waals surface area contributed by atoms with Crippen molar-refractivity contribution in [2.45, 2.75) is 14.7 Å². The number of para-hydroxylation sites is 1. The zero-order chi connectivity index (χ0) is 33.9. The zero-order valence-corrected chi connectivity index (χ0v) is 26.8. The van der Waals surface area contributed by atoms with Gasteiger partial charge in [-0.3, -0.25) is 9.11 Å². The molecule has 1 heterocycles. The molecule has 17 nitrogen and oxygen atoms in total. The summed E-state index contributed by atoms with van der Waals surface area (Å²) in [6.45, 7) is 0. The van der Waals surface area contributed by atoms with Crippen molar-refractivity contribution in [2.24, 2.45) is 10.2 Å². The van der Waals surface area contributed by atoms with Crippen LogP contribution in [0.25, 0.3) is 10.8 Å². The summed E-state index contributed by atoms with van der Waals surface area (Å²) in [6, 6.07) is 14.8. The fourth-order valence-electron chi connectivity index (χ4n) is 4.05. The highest BCUT2D eigenvalue weighted by atomic mass is 35.5. The molecule has 0 aliphatic heterocycles. The van der Waals surface area contributed by atoms with Crippen LogP contribution in [0, 0.1) is 0 Å². The van der Waals surface area contributed by atoms with E-state index in [1.165, 1.54) is 24.3 Å². The van der Waals surface area contributed by atoms with E-state index in [0.29, 0.717) is 22.8 Å². The second-order valence-corrected chi connectivity index (χ2v) is 13.3. The third kappa shape index (κ3) is 8.02. The van der Waals surface area contributed by atoms with Gasteiger partial charge in [-0.25, -0.2) is 5.26 Å². The predicted molar refractivity (Wildman–Crippen MR) is 169 cm³/mol. The van der Waals surface area contributed by atoms with Crippen molar-refractivity contribution in [3.05, 3.63) is 77.0 Å². The van der Waals surface area contributed by atoms with Crippen molar-refractivity contribution in [2.75, 3.05) is 10.6 Å². The van der Waals surface area contributed by atoms with E-state index in [2.05, 4.69) is 45.2 Å². The quantitative estimate of drug-likeness (QED) is 0.0265. The minimum Gasteiger partial charge on any atom is -0.505 e. The third-order valence-electron chi connectivity index (χ3n) is 5.95. The largest absolute Gasteiger partial charge is 0.505 e. The number of phenolic OH excluding ortho intramolecular Hbond substituents is 1. The van der Waals surface area contributed by atoms with Gasteiger partial charge in [-0.2, -0.15) is 31.8 Å². The smallest absolute Gasteiger partial charge is 0.296 e. The molecule has 0 amide bonds. The normalized spacial score (nSPS) is 12.1. The number of aromatic hydroxyl groups is 1. The van der Waals surface area contributed by atoms with Crippen molar-refractivity contribution in [1.82, 2.24) is 15.0 Å². The van der Waals surface area contributed by atoms with Crippen LogP contribution in [0.2, 0.25) is 10.3 Å². The van der Waals surface area contributed by atoms with E-state index in [1.807, 2.05) is 0 Å². The molecule has 0 saturated heterocycles. The average Bonchev–Trinajstić information content (AvgIpc) is 2.99. The topological polar surface area (TPSA) is 255 Å². The van der Waals surface area contributed by atoms with Gasteiger partial charge < -0.3 is 15.7 Å². The number of nitrogens with one attached hydrogen (secondary N) is 2. The lowest BCUT2D eigenvalue weighted by atomic mass is 10.1. The summed E-state index contributed by atoms with van der Waals surface area (Å²) >= 11 is 12.6. The molecule has 6 N–H and O–H groups in total. The first-order valence-corrected chi connectivity index (χ1v) is 16.8. The summed E-state index contributed by atoms with van der Waals surface area (Å²) in [5.74, 6) is -1.03. The Labute approximate surface area is 278 Å². The summed E-state index contributed by atoms with van der Waals surface area (Å²) in [6.07, 6.45) is 0. The summed E-state index contributed by atoms with van der Waals surface area (Å²) in [4.78, 5) is 10.8. The van der Waals surface area contributed by atoms with Gasteiger partial charge in [-0.15, -0.1) is 14.6 Å². The number of phenols is 1. The summed E-state index contributed by atoms with van der Waals surface area (Å²) in [5.41, 5.74) is -0.502. The lowest BCUT2D eigenvalue weighted by molar-refractivity contribution is -0.432. The highest BCUT2D eigenvalue weighted by Gasteiger charge is 2.23. The predicted octanol–water partition coefficient (Wildman–Crippen LogP) is 6.86. The van der Waals surface area contributed by atoms with E-state index in [9.17, 15) is 31.0 Å². The standard InChI is InChI=1S/C25H17Cl2N7O10S3/c26-14-5-1-2-6-15(14)28-24-30-23(27)31-25(32-24)29-17-11-13(46(37,38)39)9-12-10-18(45-44-43-36)21(22(35)20(12)17)34-33-16-7-3-4-8-19(16)47(40,41)42/h1-11,35-36H,(H,37,38,39)(H,40,41,42)(H2,28,29,30,31,32). The molecule has 244 valence electrons. The average molecular weight is 743 g/mol. The maximum atomic E-state index is 12.2. The van der Waals surface area contributed by atoms with E-state index in [4.69, 9.17) is 28.5 Å². The van der Waals surface area contributed by atoms with E-state index in [0.717, 1.165) is 18.2 Å². The van der Waals surface area contributed by atoms with Gasteiger partial charge in [0.25, 0.3) is 20.2 Å². The van der Waals surface area contributed by atoms with Crippen molar-refractivity contribution in [1.29, 1.82) is 0 Å². The van der Waals surface area contributed by atoms with Crippen LogP contribution in [0.4, 0.5) is 34.6 Å². The van der Waals surface area contributed by atoms with Gasteiger partial charge in [-0.05, 0) is 59.5 Å². The molecule has 0 atom stereocenters. The minimum absolute atomic E-state index is 0.0454. The first-order chi connectivity index (χ1) is 22.2. The molecule has 22 heteroatoms. The second-order valence-electron chi connectivity index (χ2n) is 8.97. The number of azo groups is 1.